The summed E-state index contributed by atoms with van der Waals surface area (Å²) in [6, 6.07) is 3.65. The molecule has 2 N–H and O–H groups in total. The van der Waals surface area contributed by atoms with Gasteiger partial charge in [0.2, 0.25) is 0 Å². The highest BCUT2D eigenvalue weighted by Gasteiger charge is 2.22. The van der Waals surface area contributed by atoms with E-state index in [1.54, 1.807) is 6.92 Å². The van der Waals surface area contributed by atoms with Crippen molar-refractivity contribution in [3.05, 3.63) is 28.2 Å². The highest BCUT2D eigenvalue weighted by Crippen LogP contribution is 2.24. The molecular weight excluding hydrogens is 305 g/mol. The molecule has 0 heterocycles. The highest BCUT2D eigenvalue weighted by atomic mass is 35.5. The van der Waals surface area contributed by atoms with Gasteiger partial charge in [0.15, 0.2) is 6.10 Å². The maximum Gasteiger partial charge on any atom is 0.326 e. The molecular formula is C13H15Cl2NO4. The second kappa shape index (κ2) is 7.36. The highest BCUT2D eigenvalue weighted by molar-refractivity contribution is 6.34. The molecule has 0 saturated heterocycles. The zero-order valence-corrected chi connectivity index (χ0v) is 12.5. The average Bonchev–Trinajstić information content (AvgIpc) is 2.33. The van der Waals surface area contributed by atoms with Crippen LogP contribution in [0.25, 0.3) is 0 Å². The van der Waals surface area contributed by atoms with E-state index in [-0.39, 0.29) is 6.42 Å². The molecule has 20 heavy (non-hydrogen) atoms. The lowest BCUT2D eigenvalue weighted by atomic mass is 10.2. The van der Waals surface area contributed by atoms with Crippen molar-refractivity contribution in [3.63, 3.8) is 0 Å². The molecule has 1 aromatic rings. The summed E-state index contributed by atoms with van der Waals surface area (Å²) in [6.45, 7) is 3.18. The summed E-state index contributed by atoms with van der Waals surface area (Å²) in [5.74, 6) is -1.26. The van der Waals surface area contributed by atoms with Crippen LogP contribution in [0.1, 0.15) is 20.3 Å². The van der Waals surface area contributed by atoms with Crippen LogP contribution >= 0.6 is 23.2 Å². The van der Waals surface area contributed by atoms with Gasteiger partial charge in [-0.2, -0.15) is 0 Å². The van der Waals surface area contributed by atoms with Gasteiger partial charge in [-0.25, -0.2) is 4.79 Å². The van der Waals surface area contributed by atoms with Gasteiger partial charge >= 0.3 is 5.97 Å². The molecule has 2 unspecified atom stereocenters. The van der Waals surface area contributed by atoms with E-state index in [0.717, 1.165) is 0 Å². The zero-order chi connectivity index (χ0) is 15.3. The van der Waals surface area contributed by atoms with Crippen molar-refractivity contribution in [1.82, 2.24) is 5.32 Å². The predicted molar refractivity (Wildman–Crippen MR) is 76.4 cm³/mol. The van der Waals surface area contributed by atoms with Crippen LogP contribution in [0.5, 0.6) is 5.75 Å². The molecule has 1 amide bonds. The fourth-order valence-electron chi connectivity index (χ4n) is 1.48. The molecule has 0 aliphatic carbocycles. The molecule has 2 atom stereocenters. The van der Waals surface area contributed by atoms with Crippen molar-refractivity contribution in [2.45, 2.75) is 32.4 Å². The largest absolute Gasteiger partial charge is 0.481 e. The van der Waals surface area contributed by atoms with E-state index in [1.807, 2.05) is 0 Å². The monoisotopic (exact) mass is 319 g/mol. The van der Waals surface area contributed by atoms with E-state index < -0.39 is 24.0 Å². The van der Waals surface area contributed by atoms with Crippen molar-refractivity contribution in [2.75, 3.05) is 0 Å². The Bertz CT molecular complexity index is 487. The van der Waals surface area contributed by atoms with Crippen LogP contribution in [-0.2, 0) is 9.59 Å². The van der Waals surface area contributed by atoms with Crippen molar-refractivity contribution >= 4 is 35.1 Å². The molecule has 0 aliphatic heterocycles. The Morgan fingerprint density at radius 1 is 1.30 bits per heavy atom. The lowest BCUT2D eigenvalue weighted by molar-refractivity contribution is -0.143. The van der Waals surface area contributed by atoms with Gasteiger partial charge in [-0.15, -0.1) is 0 Å². The first-order valence-corrected chi connectivity index (χ1v) is 6.75. The maximum absolute atomic E-state index is 11.8. The quantitative estimate of drug-likeness (QED) is 0.845. The number of benzene rings is 1. The third kappa shape index (κ3) is 4.90. The van der Waals surface area contributed by atoms with Gasteiger partial charge in [0.25, 0.3) is 5.91 Å². The number of aliphatic carboxylic acids is 1. The standard InChI is InChI=1S/C13H15Cl2NO4/c1-3-11(13(18)19)16-12(17)7(2)20-10-5-8(14)4-9(15)6-10/h4-7,11H,3H2,1-2H3,(H,16,17)(H,18,19). The Kier molecular flexibility index (Phi) is 6.10. The molecule has 0 saturated carbocycles. The lowest BCUT2D eigenvalue weighted by Gasteiger charge is -2.18. The Hall–Kier alpha value is -1.46. The van der Waals surface area contributed by atoms with Crippen molar-refractivity contribution in [2.24, 2.45) is 0 Å². The number of nitrogens with one attached hydrogen (secondary N) is 1. The number of carbonyl (C=O) groups is 2. The summed E-state index contributed by atoms with van der Waals surface area (Å²) in [7, 11) is 0. The Labute approximate surface area is 126 Å². The van der Waals surface area contributed by atoms with Crippen LogP contribution < -0.4 is 10.1 Å². The summed E-state index contributed by atoms with van der Waals surface area (Å²) < 4.78 is 5.39. The van der Waals surface area contributed by atoms with E-state index in [4.69, 9.17) is 33.0 Å². The number of hydrogen-bond donors (Lipinski definition) is 2. The Morgan fingerprint density at radius 3 is 2.30 bits per heavy atom. The first-order chi connectivity index (χ1) is 9.33. The third-order valence-corrected chi connectivity index (χ3v) is 2.98. The van der Waals surface area contributed by atoms with E-state index >= 15 is 0 Å². The summed E-state index contributed by atoms with van der Waals surface area (Å²) in [6.07, 6.45) is -0.575. The normalized spacial score (nSPS) is 13.4. The SMILES string of the molecule is CCC(NC(=O)C(C)Oc1cc(Cl)cc(Cl)c1)C(=O)O. The number of carbonyl (C=O) groups excluding carboxylic acids is 1. The van der Waals surface area contributed by atoms with Gasteiger partial charge in [0.05, 0.1) is 0 Å². The lowest BCUT2D eigenvalue weighted by Crippen LogP contribution is -2.45. The predicted octanol–water partition coefficient (Wildman–Crippen LogP) is 2.74. The fourth-order valence-corrected chi connectivity index (χ4v) is 1.99. The molecule has 1 rings (SSSR count). The molecule has 5 nitrogen and oxygen atoms in total. The summed E-state index contributed by atoms with van der Waals surface area (Å²) in [5, 5.41) is 12.0. The molecule has 0 radical (unpaired) electrons. The number of amides is 1. The second-order valence-corrected chi connectivity index (χ2v) is 5.05. The molecule has 0 bridgehead atoms. The molecule has 0 aliphatic rings. The smallest absolute Gasteiger partial charge is 0.326 e. The second-order valence-electron chi connectivity index (χ2n) is 4.17. The number of carboxylic acid groups (broad SMARTS) is 1. The van der Waals surface area contributed by atoms with Gasteiger partial charge in [-0.05, 0) is 31.5 Å². The van der Waals surface area contributed by atoms with E-state index in [1.165, 1.54) is 25.1 Å². The number of ether oxygens (including phenoxy) is 1. The van der Waals surface area contributed by atoms with Crippen molar-refractivity contribution < 1.29 is 19.4 Å². The molecule has 0 fully saturated rings. The minimum atomic E-state index is -1.08. The Balaban J connectivity index is 2.68. The minimum absolute atomic E-state index is 0.288. The average molecular weight is 320 g/mol. The number of carboxylic acids is 1. The molecule has 1 aromatic carbocycles. The van der Waals surface area contributed by atoms with Crippen LogP contribution in [0, 0.1) is 0 Å². The topological polar surface area (TPSA) is 75.6 Å². The molecule has 110 valence electrons. The summed E-state index contributed by atoms with van der Waals surface area (Å²) in [5.41, 5.74) is 0. The zero-order valence-electron chi connectivity index (χ0n) is 11.0. The van der Waals surface area contributed by atoms with E-state index in [9.17, 15) is 9.59 Å². The number of hydrogen-bond acceptors (Lipinski definition) is 3. The molecule has 0 spiro atoms. The van der Waals surface area contributed by atoms with Crippen molar-refractivity contribution in [3.8, 4) is 5.75 Å². The van der Waals surface area contributed by atoms with Gasteiger partial charge in [0, 0.05) is 10.0 Å². The first-order valence-electron chi connectivity index (χ1n) is 5.99. The van der Waals surface area contributed by atoms with Crippen LogP contribution in [0.2, 0.25) is 10.0 Å². The van der Waals surface area contributed by atoms with Gasteiger partial charge in [-0.3, -0.25) is 4.79 Å². The summed E-state index contributed by atoms with van der Waals surface area (Å²) >= 11 is 11.6. The van der Waals surface area contributed by atoms with E-state index in [0.29, 0.717) is 15.8 Å². The van der Waals surface area contributed by atoms with Crippen molar-refractivity contribution in [1.29, 1.82) is 0 Å². The fraction of sp³-hybridized carbons (Fsp3) is 0.385. The van der Waals surface area contributed by atoms with Gasteiger partial charge in [0.1, 0.15) is 11.8 Å². The molecule has 7 heteroatoms. The van der Waals surface area contributed by atoms with Crippen LogP contribution in [0.15, 0.2) is 18.2 Å². The van der Waals surface area contributed by atoms with Crippen LogP contribution in [0.3, 0.4) is 0 Å². The summed E-state index contributed by atoms with van der Waals surface area (Å²) in [4.78, 5) is 22.7. The van der Waals surface area contributed by atoms with Gasteiger partial charge < -0.3 is 15.2 Å². The van der Waals surface area contributed by atoms with Crippen LogP contribution in [-0.4, -0.2) is 29.1 Å². The molecule has 0 aromatic heterocycles. The van der Waals surface area contributed by atoms with Gasteiger partial charge in [-0.1, -0.05) is 30.1 Å². The van der Waals surface area contributed by atoms with E-state index in [2.05, 4.69) is 5.32 Å². The Morgan fingerprint density at radius 2 is 1.85 bits per heavy atom. The van der Waals surface area contributed by atoms with Crippen LogP contribution in [0.4, 0.5) is 0 Å². The maximum atomic E-state index is 11.8. The number of halogens is 2. The first kappa shape index (κ1) is 16.6. The minimum Gasteiger partial charge on any atom is -0.481 e. The number of rotatable bonds is 6. The third-order valence-electron chi connectivity index (χ3n) is 2.54.